The maximum atomic E-state index is 10.7. The van der Waals surface area contributed by atoms with Crippen LogP contribution < -0.4 is 0 Å². The topological polar surface area (TPSA) is 52.6 Å². The molecule has 0 rings (SSSR count). The second kappa shape index (κ2) is 10.2. The van der Waals surface area contributed by atoms with Gasteiger partial charge in [0.15, 0.2) is 10.9 Å². The van der Waals surface area contributed by atoms with Crippen LogP contribution in [0.3, 0.4) is 0 Å². The van der Waals surface area contributed by atoms with Crippen molar-refractivity contribution in [1.82, 2.24) is 0 Å². The molecule has 100 valence electrons. The largest absolute Gasteiger partial charge is 0.450 e. The summed E-state index contributed by atoms with van der Waals surface area (Å²) in [5.41, 5.74) is -0.787. The van der Waals surface area contributed by atoms with Crippen molar-refractivity contribution in [3.63, 3.8) is 0 Å². The van der Waals surface area contributed by atoms with Gasteiger partial charge >= 0.3 is 11.9 Å². The van der Waals surface area contributed by atoms with Crippen molar-refractivity contribution in [3.05, 3.63) is 0 Å². The fourth-order valence-electron chi connectivity index (χ4n) is 0.781. The molecule has 8 heteroatoms. The number of carbonyl (C=O) groups is 2. The highest BCUT2D eigenvalue weighted by Crippen LogP contribution is 2.24. The monoisotopic (exact) mass is 320 g/mol. The first kappa shape index (κ1) is 17.2. The maximum Gasteiger partial charge on any atom is 0.303 e. The molecular weight excluding hydrogens is 307 g/mol. The van der Waals surface area contributed by atoms with Gasteiger partial charge in [0.05, 0.1) is 11.8 Å². The smallest absolute Gasteiger partial charge is 0.303 e. The van der Waals surface area contributed by atoms with Gasteiger partial charge in [0, 0.05) is 18.9 Å². The summed E-state index contributed by atoms with van der Waals surface area (Å²) in [6.07, 6.45) is 0. The lowest BCUT2D eigenvalue weighted by Crippen LogP contribution is -2.17. The summed E-state index contributed by atoms with van der Waals surface area (Å²) in [6.45, 7) is 2.65. The second-order valence-electron chi connectivity index (χ2n) is 2.84. The van der Waals surface area contributed by atoms with Crippen LogP contribution in [0.15, 0.2) is 0 Å². The summed E-state index contributed by atoms with van der Waals surface area (Å²) < 4.78 is 9.87. The fraction of sp³-hybridized carbons (Fsp3) is 0.778. The Morgan fingerprint density at radius 3 is 1.59 bits per heavy atom. The van der Waals surface area contributed by atoms with Crippen LogP contribution in [0.2, 0.25) is 0 Å². The predicted molar refractivity (Wildman–Crippen MR) is 72.6 cm³/mol. The lowest BCUT2D eigenvalue weighted by molar-refractivity contribution is -0.142. The number of alkyl halides is 2. The Morgan fingerprint density at radius 1 is 1.00 bits per heavy atom. The first-order valence-corrected chi connectivity index (χ1v) is 7.85. The molecule has 0 spiro atoms. The van der Waals surface area contributed by atoms with Gasteiger partial charge < -0.3 is 9.47 Å². The van der Waals surface area contributed by atoms with Gasteiger partial charge in [-0.2, -0.15) is 0 Å². The van der Waals surface area contributed by atoms with Crippen LogP contribution in [0, 0.1) is 0 Å². The highest BCUT2D eigenvalue weighted by atomic mass is 35.5. The van der Waals surface area contributed by atoms with Crippen molar-refractivity contribution in [2.24, 2.45) is 0 Å². The molecule has 0 aliphatic carbocycles. The summed E-state index contributed by atoms with van der Waals surface area (Å²) in [5.74, 6) is -0.322. The summed E-state index contributed by atoms with van der Waals surface area (Å²) in [7, 11) is 0. The van der Waals surface area contributed by atoms with Gasteiger partial charge in [0.25, 0.3) is 0 Å². The van der Waals surface area contributed by atoms with Crippen molar-refractivity contribution in [3.8, 4) is 0 Å². The Hall–Kier alpha value is 0.220. The van der Waals surface area contributed by atoms with Crippen LogP contribution in [0.4, 0.5) is 0 Å². The number of thioether (sulfide) groups is 2. The van der Waals surface area contributed by atoms with Crippen LogP contribution in [0.1, 0.15) is 13.8 Å². The molecule has 0 fully saturated rings. The molecule has 0 bridgehead atoms. The molecule has 0 aromatic carbocycles. The van der Waals surface area contributed by atoms with Crippen LogP contribution in [-0.4, -0.2) is 39.7 Å². The summed E-state index contributed by atoms with van der Waals surface area (Å²) in [5, 5.41) is 0.565. The molecule has 2 atom stereocenters. The molecule has 0 saturated carbocycles. The first-order chi connectivity index (χ1) is 7.99. The molecule has 0 amide bonds. The minimum Gasteiger partial charge on any atom is -0.450 e. The Kier molecular flexibility index (Phi) is 10.3. The van der Waals surface area contributed by atoms with E-state index < -0.39 is 10.9 Å². The Balaban J connectivity index is 3.84. The minimum atomic E-state index is -0.394. The van der Waals surface area contributed by atoms with Gasteiger partial charge in [0.1, 0.15) is 0 Å². The van der Waals surface area contributed by atoms with Crippen LogP contribution in [-0.2, 0) is 19.1 Å². The number of hydrogen-bond acceptors (Lipinski definition) is 6. The van der Waals surface area contributed by atoms with E-state index in [1.807, 2.05) is 0 Å². The van der Waals surface area contributed by atoms with Gasteiger partial charge in [-0.25, -0.2) is 0 Å². The van der Waals surface area contributed by atoms with Crippen molar-refractivity contribution in [2.75, 3.05) is 16.8 Å². The number of carbonyl (C=O) groups excluding carboxylic acids is 2. The molecule has 0 heterocycles. The van der Waals surface area contributed by atoms with Gasteiger partial charge in [-0.1, -0.05) is 0 Å². The number of rotatable bonds is 8. The summed E-state index contributed by atoms with van der Waals surface area (Å²) in [6, 6.07) is 0. The second-order valence-corrected chi connectivity index (χ2v) is 6.12. The third-order valence-electron chi connectivity index (χ3n) is 1.35. The molecule has 17 heavy (non-hydrogen) atoms. The zero-order valence-corrected chi connectivity index (χ0v) is 12.6. The van der Waals surface area contributed by atoms with E-state index in [0.29, 0.717) is 5.08 Å². The number of esters is 2. The van der Waals surface area contributed by atoms with Gasteiger partial charge in [0.2, 0.25) is 0 Å². The van der Waals surface area contributed by atoms with E-state index in [9.17, 15) is 9.59 Å². The SMILES string of the molecule is CC(=O)OC(CCl)SCSC(CCl)OC(C)=O. The standard InChI is InChI=1S/C9H14Cl2O4S2/c1-6(12)14-8(3-10)16-5-17-9(4-11)15-7(2)13/h8-9H,3-5H2,1-2H3. The van der Waals surface area contributed by atoms with Crippen LogP contribution in [0.5, 0.6) is 0 Å². The van der Waals surface area contributed by atoms with E-state index in [2.05, 4.69) is 0 Å². The van der Waals surface area contributed by atoms with Gasteiger partial charge in [-0.3, -0.25) is 9.59 Å². The fourth-order valence-corrected chi connectivity index (χ4v) is 3.56. The average molecular weight is 321 g/mol. The molecular formula is C9H14Cl2O4S2. The van der Waals surface area contributed by atoms with Crippen LogP contribution in [0.25, 0.3) is 0 Å². The van der Waals surface area contributed by atoms with Crippen molar-refractivity contribution < 1.29 is 19.1 Å². The highest BCUT2D eigenvalue weighted by molar-refractivity contribution is 8.16. The van der Waals surface area contributed by atoms with E-state index in [1.165, 1.54) is 37.4 Å². The van der Waals surface area contributed by atoms with E-state index in [4.69, 9.17) is 32.7 Å². The average Bonchev–Trinajstić information content (AvgIpc) is 2.25. The number of halogens is 2. The molecule has 0 saturated heterocycles. The molecule has 0 aromatic rings. The molecule has 0 radical (unpaired) electrons. The van der Waals surface area contributed by atoms with E-state index in [-0.39, 0.29) is 23.7 Å². The summed E-state index contributed by atoms with van der Waals surface area (Å²) >= 11 is 14.0. The molecule has 0 N–H and O–H groups in total. The number of ether oxygens (including phenoxy) is 2. The van der Waals surface area contributed by atoms with E-state index in [1.54, 1.807) is 0 Å². The lowest BCUT2D eigenvalue weighted by atomic mass is 10.8. The minimum absolute atomic E-state index is 0.212. The number of hydrogen-bond donors (Lipinski definition) is 0. The Bertz CT molecular complexity index is 229. The van der Waals surface area contributed by atoms with Crippen LogP contribution >= 0.6 is 46.7 Å². The van der Waals surface area contributed by atoms with Crippen molar-refractivity contribution in [1.29, 1.82) is 0 Å². The zero-order chi connectivity index (χ0) is 13.3. The molecule has 0 aromatic heterocycles. The van der Waals surface area contributed by atoms with E-state index in [0.717, 1.165) is 0 Å². The maximum absolute atomic E-state index is 10.7. The predicted octanol–water partition coefficient (Wildman–Crippen LogP) is 2.67. The zero-order valence-electron chi connectivity index (χ0n) is 9.48. The van der Waals surface area contributed by atoms with Crippen molar-refractivity contribution in [2.45, 2.75) is 24.7 Å². The molecule has 0 aliphatic heterocycles. The molecule has 2 unspecified atom stereocenters. The Morgan fingerprint density at radius 2 is 1.35 bits per heavy atom. The highest BCUT2D eigenvalue weighted by Gasteiger charge is 2.15. The van der Waals surface area contributed by atoms with Gasteiger partial charge in [-0.15, -0.1) is 46.7 Å². The Labute approximate surface area is 119 Å². The summed E-state index contributed by atoms with van der Waals surface area (Å²) in [4.78, 5) is 21.4. The molecule has 0 aliphatic rings. The normalized spacial score (nSPS) is 13.9. The third kappa shape index (κ3) is 9.88. The van der Waals surface area contributed by atoms with Crippen molar-refractivity contribution >= 4 is 58.7 Å². The molecule has 4 nitrogen and oxygen atoms in total. The first-order valence-electron chi connectivity index (χ1n) is 4.69. The quantitative estimate of drug-likeness (QED) is 0.389. The lowest BCUT2D eigenvalue weighted by Gasteiger charge is -2.16. The third-order valence-corrected chi connectivity index (χ3v) is 4.64. The van der Waals surface area contributed by atoms with E-state index >= 15 is 0 Å². The van der Waals surface area contributed by atoms with Gasteiger partial charge in [-0.05, 0) is 0 Å².